The van der Waals surface area contributed by atoms with Crippen molar-refractivity contribution in [3.8, 4) is 11.3 Å². The van der Waals surface area contributed by atoms with Gasteiger partial charge in [-0.2, -0.15) is 0 Å². The average molecular weight is 323 g/mol. The van der Waals surface area contributed by atoms with Crippen LogP contribution < -0.4 is 0 Å². The summed E-state index contributed by atoms with van der Waals surface area (Å²) in [6.45, 7) is 1.27. The van der Waals surface area contributed by atoms with Gasteiger partial charge < -0.3 is 20.1 Å². The lowest BCUT2D eigenvalue weighted by Gasteiger charge is -2.40. The molecule has 0 radical (unpaired) electrons. The van der Waals surface area contributed by atoms with Crippen LogP contribution in [0.2, 0.25) is 0 Å². The van der Waals surface area contributed by atoms with Crippen LogP contribution in [0.3, 0.4) is 0 Å². The maximum absolute atomic E-state index is 13.3. The predicted molar refractivity (Wildman–Crippen MR) is 77.9 cm³/mol. The normalized spacial score (nSPS) is 31.3. The van der Waals surface area contributed by atoms with Gasteiger partial charge in [0.2, 0.25) is 0 Å². The molecule has 3 rings (SSSR count). The van der Waals surface area contributed by atoms with Gasteiger partial charge in [0.15, 0.2) is 0 Å². The van der Waals surface area contributed by atoms with Crippen molar-refractivity contribution in [2.75, 3.05) is 6.61 Å². The van der Waals surface area contributed by atoms with E-state index in [1.165, 1.54) is 23.0 Å². The van der Waals surface area contributed by atoms with E-state index in [0.717, 1.165) is 0 Å². The highest BCUT2D eigenvalue weighted by Crippen LogP contribution is 2.30. The van der Waals surface area contributed by atoms with Gasteiger partial charge in [-0.25, -0.2) is 9.07 Å². The quantitative estimate of drug-likeness (QED) is 0.742. The molecule has 3 N–H and O–H groups in total. The molecule has 1 saturated heterocycles. The SMILES string of the molecule is C[C@@H]1O[C@H](CO)[C@H](O)[C@H](n2cc(-c3cccc(F)c3)nn2)[C@H]1O. The van der Waals surface area contributed by atoms with Crippen LogP contribution in [0.15, 0.2) is 30.5 Å². The molecular weight excluding hydrogens is 305 g/mol. The van der Waals surface area contributed by atoms with E-state index in [0.29, 0.717) is 11.3 Å². The van der Waals surface area contributed by atoms with Crippen LogP contribution >= 0.6 is 0 Å². The van der Waals surface area contributed by atoms with Gasteiger partial charge in [-0.05, 0) is 19.1 Å². The molecule has 5 atom stereocenters. The Bertz CT molecular complexity index is 680. The summed E-state index contributed by atoms with van der Waals surface area (Å²) < 4.78 is 20.0. The van der Waals surface area contributed by atoms with Gasteiger partial charge in [0.1, 0.15) is 35.9 Å². The Kier molecular flexibility index (Phi) is 4.40. The number of hydrogen-bond donors (Lipinski definition) is 3. The number of hydrogen-bond acceptors (Lipinski definition) is 6. The van der Waals surface area contributed by atoms with Crippen molar-refractivity contribution >= 4 is 0 Å². The molecule has 1 aromatic heterocycles. The van der Waals surface area contributed by atoms with Crippen molar-refractivity contribution in [2.24, 2.45) is 0 Å². The monoisotopic (exact) mass is 323 g/mol. The van der Waals surface area contributed by atoms with E-state index in [9.17, 15) is 19.7 Å². The third kappa shape index (κ3) is 2.98. The zero-order chi connectivity index (χ0) is 16.6. The number of aliphatic hydroxyl groups excluding tert-OH is 3. The Morgan fingerprint density at radius 3 is 2.78 bits per heavy atom. The molecule has 124 valence electrons. The summed E-state index contributed by atoms with van der Waals surface area (Å²) in [7, 11) is 0. The lowest BCUT2D eigenvalue weighted by molar-refractivity contribution is -0.199. The van der Waals surface area contributed by atoms with Crippen LogP contribution in [0.1, 0.15) is 13.0 Å². The summed E-state index contributed by atoms with van der Waals surface area (Å²) in [5.41, 5.74) is 0.961. The lowest BCUT2D eigenvalue weighted by Crippen LogP contribution is -2.55. The number of halogens is 1. The number of rotatable bonds is 3. The summed E-state index contributed by atoms with van der Waals surface area (Å²) in [5, 5.41) is 37.8. The van der Waals surface area contributed by atoms with E-state index >= 15 is 0 Å². The van der Waals surface area contributed by atoms with E-state index < -0.39 is 36.3 Å². The fourth-order valence-corrected chi connectivity index (χ4v) is 2.80. The fraction of sp³-hybridized carbons (Fsp3) is 0.467. The Hall–Kier alpha value is -1.87. The number of ether oxygens (including phenoxy) is 1. The van der Waals surface area contributed by atoms with Crippen LogP contribution in [-0.2, 0) is 4.74 Å². The molecule has 8 heteroatoms. The van der Waals surface area contributed by atoms with E-state index in [2.05, 4.69) is 10.3 Å². The van der Waals surface area contributed by atoms with Crippen LogP contribution in [0, 0.1) is 5.82 Å². The second-order valence-electron chi connectivity index (χ2n) is 5.63. The molecule has 0 unspecified atom stereocenters. The summed E-state index contributed by atoms with van der Waals surface area (Å²) in [6.07, 6.45) is -2.04. The van der Waals surface area contributed by atoms with E-state index in [1.54, 1.807) is 19.1 Å². The number of aromatic nitrogens is 3. The molecule has 1 aliphatic rings. The first-order valence-corrected chi connectivity index (χ1v) is 7.31. The molecule has 0 saturated carbocycles. The summed E-state index contributed by atoms with van der Waals surface area (Å²) in [6, 6.07) is 5.09. The lowest BCUT2D eigenvalue weighted by atomic mass is 9.93. The Morgan fingerprint density at radius 1 is 1.30 bits per heavy atom. The van der Waals surface area contributed by atoms with Crippen LogP contribution in [0.4, 0.5) is 4.39 Å². The zero-order valence-corrected chi connectivity index (χ0v) is 12.5. The minimum atomic E-state index is -1.15. The first kappa shape index (κ1) is 16.0. The van der Waals surface area contributed by atoms with Gasteiger partial charge in [0.25, 0.3) is 0 Å². The van der Waals surface area contributed by atoms with E-state index in [1.807, 2.05) is 0 Å². The van der Waals surface area contributed by atoms with E-state index in [4.69, 9.17) is 4.74 Å². The molecule has 0 amide bonds. The highest BCUT2D eigenvalue weighted by atomic mass is 19.1. The number of benzene rings is 1. The highest BCUT2D eigenvalue weighted by Gasteiger charge is 2.44. The third-order valence-electron chi connectivity index (χ3n) is 4.07. The number of nitrogens with zero attached hydrogens (tertiary/aromatic N) is 3. The van der Waals surface area contributed by atoms with Gasteiger partial charge in [0.05, 0.1) is 18.9 Å². The summed E-state index contributed by atoms with van der Waals surface area (Å²) in [4.78, 5) is 0. The van der Waals surface area contributed by atoms with Crippen molar-refractivity contribution in [1.82, 2.24) is 15.0 Å². The first-order valence-electron chi connectivity index (χ1n) is 7.31. The third-order valence-corrected chi connectivity index (χ3v) is 4.07. The minimum Gasteiger partial charge on any atom is -0.394 e. The second-order valence-corrected chi connectivity index (χ2v) is 5.63. The van der Waals surface area contributed by atoms with Gasteiger partial charge in [0, 0.05) is 5.56 Å². The molecule has 0 spiro atoms. The van der Waals surface area contributed by atoms with Gasteiger partial charge >= 0.3 is 0 Å². The molecular formula is C15H18FN3O4. The smallest absolute Gasteiger partial charge is 0.123 e. The molecule has 23 heavy (non-hydrogen) atoms. The van der Waals surface area contributed by atoms with Crippen LogP contribution in [0.5, 0.6) is 0 Å². The first-order chi connectivity index (χ1) is 11.0. The topological polar surface area (TPSA) is 101 Å². The molecule has 1 aromatic carbocycles. The maximum Gasteiger partial charge on any atom is 0.123 e. The molecule has 1 fully saturated rings. The largest absolute Gasteiger partial charge is 0.394 e. The van der Waals surface area contributed by atoms with Crippen molar-refractivity contribution in [3.05, 3.63) is 36.3 Å². The van der Waals surface area contributed by atoms with Crippen molar-refractivity contribution in [3.63, 3.8) is 0 Å². The maximum atomic E-state index is 13.3. The highest BCUT2D eigenvalue weighted by molar-refractivity contribution is 5.57. The number of aliphatic hydroxyl groups is 3. The van der Waals surface area contributed by atoms with Gasteiger partial charge in [-0.1, -0.05) is 17.3 Å². The molecule has 1 aliphatic heterocycles. The zero-order valence-electron chi connectivity index (χ0n) is 12.5. The minimum absolute atomic E-state index is 0.375. The Balaban J connectivity index is 1.92. The predicted octanol–water partition coefficient (Wildman–Crippen LogP) is 0.127. The molecule has 2 aromatic rings. The Labute approximate surface area is 131 Å². The molecule has 0 aliphatic carbocycles. The standard InChI is InChI=1S/C15H18FN3O4/c1-8-14(21)13(15(22)12(7-20)23-8)19-6-11(17-18-19)9-3-2-4-10(16)5-9/h2-6,8,12-15,20-22H,7H2,1H3/t8-,12+,13+,14-,15-/m0/s1. The molecule has 0 bridgehead atoms. The summed E-state index contributed by atoms with van der Waals surface area (Å²) in [5.74, 6) is -0.392. The van der Waals surface area contributed by atoms with E-state index in [-0.39, 0.29) is 6.61 Å². The summed E-state index contributed by atoms with van der Waals surface area (Å²) >= 11 is 0. The molecule has 2 heterocycles. The molecule has 7 nitrogen and oxygen atoms in total. The Morgan fingerprint density at radius 2 is 2.09 bits per heavy atom. The second kappa shape index (κ2) is 6.32. The van der Waals surface area contributed by atoms with Crippen LogP contribution in [0.25, 0.3) is 11.3 Å². The average Bonchev–Trinajstić information content (AvgIpc) is 3.01. The van der Waals surface area contributed by atoms with Crippen molar-refractivity contribution in [2.45, 2.75) is 37.4 Å². The van der Waals surface area contributed by atoms with Gasteiger partial charge in [-0.3, -0.25) is 0 Å². The van der Waals surface area contributed by atoms with Crippen molar-refractivity contribution in [1.29, 1.82) is 0 Å². The fourth-order valence-electron chi connectivity index (χ4n) is 2.80. The van der Waals surface area contributed by atoms with Crippen molar-refractivity contribution < 1.29 is 24.4 Å². The van der Waals surface area contributed by atoms with Gasteiger partial charge in [-0.15, -0.1) is 5.10 Å². The van der Waals surface area contributed by atoms with Crippen LogP contribution in [-0.4, -0.2) is 61.3 Å².